The third kappa shape index (κ3) is 4.82. The van der Waals surface area contributed by atoms with Gasteiger partial charge in [-0.2, -0.15) is 0 Å². The number of rotatable bonds is 6. The minimum absolute atomic E-state index is 0.329. The molecule has 2 N–H and O–H groups in total. The van der Waals surface area contributed by atoms with E-state index in [4.69, 9.17) is 0 Å². The number of nitrogens with one attached hydrogen (secondary N) is 1. The largest absolute Gasteiger partial charge is 0.508 e. The highest BCUT2D eigenvalue weighted by atomic mass is 16.3. The van der Waals surface area contributed by atoms with E-state index in [1.807, 2.05) is 12.1 Å². The normalized spacial score (nSPS) is 12.4. The van der Waals surface area contributed by atoms with Gasteiger partial charge >= 0.3 is 0 Å². The molecule has 0 amide bonds. The number of hydrogen-bond donors (Lipinski definition) is 2. The summed E-state index contributed by atoms with van der Waals surface area (Å²) < 4.78 is 0. The molecule has 0 bridgehead atoms. The molecule has 0 saturated carbocycles. The van der Waals surface area contributed by atoms with Crippen LogP contribution < -0.4 is 5.32 Å². The number of benzene rings is 2. The second kappa shape index (κ2) is 7.16. The summed E-state index contributed by atoms with van der Waals surface area (Å²) in [6.45, 7) is 6.63. The Bertz CT molecular complexity index is 543. The van der Waals surface area contributed by atoms with Gasteiger partial charge in [-0.25, -0.2) is 0 Å². The van der Waals surface area contributed by atoms with Crippen molar-refractivity contribution in [3.63, 3.8) is 0 Å². The summed E-state index contributed by atoms with van der Waals surface area (Å²) in [5.41, 5.74) is 3.81. The monoisotopic (exact) mass is 283 g/mol. The van der Waals surface area contributed by atoms with Crippen molar-refractivity contribution in [2.75, 3.05) is 5.32 Å². The molecule has 2 aromatic carbocycles. The highest BCUT2D eigenvalue weighted by Crippen LogP contribution is 2.18. The summed E-state index contributed by atoms with van der Waals surface area (Å²) in [6.07, 6.45) is 2.08. The first-order chi connectivity index (χ1) is 10.0. The Morgan fingerprint density at radius 1 is 0.905 bits per heavy atom. The zero-order chi connectivity index (χ0) is 15.2. The van der Waals surface area contributed by atoms with Crippen LogP contribution in [0.1, 0.15) is 44.2 Å². The molecule has 0 aliphatic carbocycles. The van der Waals surface area contributed by atoms with Crippen molar-refractivity contribution < 1.29 is 5.11 Å². The third-order valence-corrected chi connectivity index (χ3v) is 3.79. The molecule has 0 heterocycles. The predicted octanol–water partition coefficient (Wildman–Crippen LogP) is 4.95. The van der Waals surface area contributed by atoms with Crippen molar-refractivity contribution in [3.05, 3.63) is 59.7 Å². The molecule has 0 spiro atoms. The molecule has 21 heavy (non-hydrogen) atoms. The first-order valence-corrected chi connectivity index (χ1v) is 7.69. The predicted molar refractivity (Wildman–Crippen MR) is 90.0 cm³/mol. The van der Waals surface area contributed by atoms with Crippen LogP contribution in [0.3, 0.4) is 0 Å². The van der Waals surface area contributed by atoms with Gasteiger partial charge in [-0.05, 0) is 61.1 Å². The summed E-state index contributed by atoms with van der Waals surface area (Å²) in [4.78, 5) is 0. The second-order valence-corrected chi connectivity index (χ2v) is 6.03. The molecule has 0 aliphatic heterocycles. The molecule has 0 saturated heterocycles. The number of aromatic hydroxyl groups is 1. The molecule has 0 aromatic heterocycles. The smallest absolute Gasteiger partial charge is 0.115 e. The molecule has 1 atom stereocenters. The van der Waals surface area contributed by atoms with E-state index in [0.29, 0.717) is 17.7 Å². The molecule has 0 radical (unpaired) electrons. The van der Waals surface area contributed by atoms with E-state index < -0.39 is 0 Å². The maximum atomic E-state index is 9.28. The zero-order valence-corrected chi connectivity index (χ0v) is 13.1. The zero-order valence-electron chi connectivity index (χ0n) is 13.1. The minimum atomic E-state index is 0.329. The highest BCUT2D eigenvalue weighted by molar-refractivity contribution is 5.45. The fourth-order valence-electron chi connectivity index (χ4n) is 2.37. The average Bonchev–Trinajstić information content (AvgIpc) is 2.47. The van der Waals surface area contributed by atoms with Crippen molar-refractivity contribution in [2.45, 2.75) is 45.6 Å². The van der Waals surface area contributed by atoms with Crippen LogP contribution in [0.2, 0.25) is 0 Å². The number of phenols is 1. The Hall–Kier alpha value is -1.96. The van der Waals surface area contributed by atoms with Crippen LogP contribution in [0, 0.1) is 0 Å². The van der Waals surface area contributed by atoms with E-state index >= 15 is 0 Å². The maximum absolute atomic E-state index is 9.28. The molecule has 2 aromatic rings. The van der Waals surface area contributed by atoms with E-state index in [-0.39, 0.29) is 0 Å². The summed E-state index contributed by atoms with van der Waals surface area (Å²) in [5.74, 6) is 0.904. The van der Waals surface area contributed by atoms with Crippen LogP contribution in [0.25, 0.3) is 0 Å². The van der Waals surface area contributed by atoms with E-state index in [0.717, 1.165) is 12.8 Å². The summed E-state index contributed by atoms with van der Waals surface area (Å²) in [5, 5.41) is 12.8. The highest BCUT2D eigenvalue weighted by Gasteiger charge is 2.04. The van der Waals surface area contributed by atoms with Crippen LogP contribution in [0.15, 0.2) is 48.5 Å². The lowest BCUT2D eigenvalue weighted by molar-refractivity contribution is 0.475. The first kappa shape index (κ1) is 15.4. The third-order valence-electron chi connectivity index (χ3n) is 3.79. The van der Waals surface area contributed by atoms with Gasteiger partial charge < -0.3 is 10.4 Å². The molecule has 112 valence electrons. The number of anilines is 1. The van der Waals surface area contributed by atoms with Crippen LogP contribution in [0.4, 0.5) is 5.69 Å². The fourth-order valence-corrected chi connectivity index (χ4v) is 2.37. The molecule has 0 aliphatic rings. The van der Waals surface area contributed by atoms with Gasteiger partial charge in [0.1, 0.15) is 5.75 Å². The Morgan fingerprint density at radius 3 is 2.10 bits per heavy atom. The van der Waals surface area contributed by atoms with Crippen LogP contribution in [-0.2, 0) is 6.42 Å². The van der Waals surface area contributed by atoms with E-state index in [9.17, 15) is 5.11 Å². The van der Waals surface area contributed by atoms with Crippen LogP contribution >= 0.6 is 0 Å². The SMILES string of the molecule is CC(CCc1ccc(O)cc1)Nc1ccc(C(C)C)cc1. The van der Waals surface area contributed by atoms with E-state index in [1.165, 1.54) is 16.8 Å². The maximum Gasteiger partial charge on any atom is 0.115 e. The topological polar surface area (TPSA) is 32.3 Å². The van der Waals surface area contributed by atoms with Gasteiger partial charge in [0.05, 0.1) is 0 Å². The summed E-state index contributed by atoms with van der Waals surface area (Å²) in [7, 11) is 0. The van der Waals surface area contributed by atoms with Crippen LogP contribution in [0.5, 0.6) is 5.75 Å². The first-order valence-electron chi connectivity index (χ1n) is 7.69. The van der Waals surface area contributed by atoms with Crippen molar-refractivity contribution >= 4 is 5.69 Å². The lowest BCUT2D eigenvalue weighted by Crippen LogP contribution is -2.15. The number of aryl methyl sites for hydroxylation is 1. The van der Waals surface area contributed by atoms with Crippen molar-refractivity contribution in [1.82, 2.24) is 0 Å². The van der Waals surface area contributed by atoms with Gasteiger partial charge in [-0.15, -0.1) is 0 Å². The van der Waals surface area contributed by atoms with Crippen molar-refractivity contribution in [2.24, 2.45) is 0 Å². The van der Waals surface area contributed by atoms with Gasteiger partial charge in [0.15, 0.2) is 0 Å². The number of hydrogen-bond acceptors (Lipinski definition) is 2. The van der Waals surface area contributed by atoms with Gasteiger partial charge in [0.25, 0.3) is 0 Å². The van der Waals surface area contributed by atoms with E-state index in [1.54, 1.807) is 12.1 Å². The summed E-state index contributed by atoms with van der Waals surface area (Å²) >= 11 is 0. The van der Waals surface area contributed by atoms with E-state index in [2.05, 4.69) is 50.4 Å². The molecule has 2 heteroatoms. The standard InChI is InChI=1S/C19H25NO/c1-14(2)17-8-10-18(11-9-17)20-15(3)4-5-16-6-12-19(21)13-7-16/h6-15,20-21H,4-5H2,1-3H3. The Labute approximate surface area is 127 Å². The molecule has 2 rings (SSSR count). The minimum Gasteiger partial charge on any atom is -0.508 e. The molecule has 2 nitrogen and oxygen atoms in total. The number of phenolic OH excluding ortho intramolecular Hbond substituents is 1. The van der Waals surface area contributed by atoms with Gasteiger partial charge in [-0.3, -0.25) is 0 Å². The molecule has 0 fully saturated rings. The Kier molecular flexibility index (Phi) is 5.26. The summed E-state index contributed by atoms with van der Waals surface area (Å²) in [6, 6.07) is 16.6. The van der Waals surface area contributed by atoms with Crippen molar-refractivity contribution in [1.29, 1.82) is 0 Å². The van der Waals surface area contributed by atoms with Gasteiger partial charge in [0.2, 0.25) is 0 Å². The molecule has 1 unspecified atom stereocenters. The lowest BCUT2D eigenvalue weighted by atomic mass is 10.0. The van der Waals surface area contributed by atoms with Crippen molar-refractivity contribution in [3.8, 4) is 5.75 Å². The van der Waals surface area contributed by atoms with Gasteiger partial charge in [0, 0.05) is 11.7 Å². The Balaban J connectivity index is 1.83. The average molecular weight is 283 g/mol. The van der Waals surface area contributed by atoms with Crippen LogP contribution in [-0.4, -0.2) is 11.1 Å². The quantitative estimate of drug-likeness (QED) is 0.786. The molecular weight excluding hydrogens is 258 g/mol. The Morgan fingerprint density at radius 2 is 1.52 bits per heavy atom. The molecular formula is C19H25NO. The fraction of sp³-hybridized carbons (Fsp3) is 0.368. The van der Waals surface area contributed by atoms with Gasteiger partial charge in [-0.1, -0.05) is 38.1 Å². The lowest BCUT2D eigenvalue weighted by Gasteiger charge is -2.16. The second-order valence-electron chi connectivity index (χ2n) is 6.03.